The molecule has 0 bridgehead atoms. The molecule has 0 rings (SSSR count). The van der Waals surface area contributed by atoms with Gasteiger partial charge in [-0.15, -0.1) is 0 Å². The van der Waals surface area contributed by atoms with Crippen LogP contribution in [0, 0.1) is 11.8 Å². The van der Waals surface area contributed by atoms with Crippen molar-refractivity contribution in [2.24, 2.45) is 11.8 Å². The van der Waals surface area contributed by atoms with Gasteiger partial charge in [0.25, 0.3) is 0 Å². The maximum atomic E-state index is 11.9. The molecule has 4 nitrogen and oxygen atoms in total. The van der Waals surface area contributed by atoms with E-state index in [1.165, 1.54) is 12.8 Å². The van der Waals surface area contributed by atoms with Crippen molar-refractivity contribution in [2.45, 2.75) is 66.2 Å². The third-order valence-corrected chi connectivity index (χ3v) is 4.64. The second-order valence-corrected chi connectivity index (χ2v) is 7.89. The molecule has 122 valence electrons. The largest absolute Gasteiger partial charge is 0.341 e. The Balaban J connectivity index is 3.75. The lowest BCUT2D eigenvalue weighted by atomic mass is 10.1. The Morgan fingerprint density at radius 1 is 1.10 bits per heavy atom. The van der Waals surface area contributed by atoms with E-state index in [0.717, 1.165) is 32.2 Å². The van der Waals surface area contributed by atoms with Crippen molar-refractivity contribution in [3.63, 3.8) is 0 Å². The average Bonchev–Trinajstić information content (AvgIpc) is 2.40. The lowest BCUT2D eigenvalue weighted by molar-refractivity contribution is 0.213. The van der Waals surface area contributed by atoms with E-state index in [0.29, 0.717) is 18.4 Å². The van der Waals surface area contributed by atoms with E-state index in [2.05, 4.69) is 33.0 Å². The molecule has 2 N–H and O–H groups in total. The molecule has 0 heterocycles. The normalized spacial score (nSPS) is 17.6. The lowest BCUT2D eigenvalue weighted by Crippen LogP contribution is -2.23. The first-order valence-corrected chi connectivity index (χ1v) is 9.84. The van der Waals surface area contributed by atoms with Crippen molar-refractivity contribution in [3.05, 3.63) is 0 Å². The van der Waals surface area contributed by atoms with E-state index in [1.54, 1.807) is 0 Å². The van der Waals surface area contributed by atoms with E-state index < -0.39 is 7.60 Å². The Bertz CT molecular complexity index is 274. The lowest BCUT2D eigenvalue weighted by Gasteiger charge is -2.18. The van der Waals surface area contributed by atoms with Gasteiger partial charge in [-0.05, 0) is 31.2 Å². The summed E-state index contributed by atoms with van der Waals surface area (Å²) in [7, 11) is -3.47. The highest BCUT2D eigenvalue weighted by Crippen LogP contribution is 2.41. The van der Waals surface area contributed by atoms with Crippen molar-refractivity contribution in [2.75, 3.05) is 19.4 Å². The smallest absolute Gasteiger partial charge is 0.323 e. The Hall–Kier alpha value is 0.110. The maximum absolute atomic E-state index is 11.9. The van der Waals surface area contributed by atoms with Gasteiger partial charge in [0.05, 0.1) is 12.9 Å². The molecular weight excluding hydrogens is 273 g/mol. The summed E-state index contributed by atoms with van der Waals surface area (Å²) in [6.07, 6.45) is 6.98. The number of unbranched alkanes of at least 4 members (excludes halogenated alkanes) is 2. The molecule has 3 unspecified atom stereocenters. The minimum Gasteiger partial charge on any atom is -0.323 e. The summed E-state index contributed by atoms with van der Waals surface area (Å²) in [5.41, 5.74) is 0. The van der Waals surface area contributed by atoms with Gasteiger partial charge in [0, 0.05) is 0 Å². The van der Waals surface area contributed by atoms with Crippen molar-refractivity contribution in [1.29, 1.82) is 0 Å². The van der Waals surface area contributed by atoms with E-state index in [1.807, 2.05) is 0 Å². The van der Waals surface area contributed by atoms with Crippen LogP contribution in [0.3, 0.4) is 0 Å². The van der Waals surface area contributed by atoms with Crippen LogP contribution in [-0.2, 0) is 9.09 Å². The predicted octanol–water partition coefficient (Wildman–Crippen LogP) is 4.39. The summed E-state index contributed by atoms with van der Waals surface area (Å²) in [5.74, 6) is 0.886. The fourth-order valence-corrected chi connectivity index (χ4v) is 3.02. The Labute approximate surface area is 125 Å². The van der Waals surface area contributed by atoms with Crippen LogP contribution in [-0.4, -0.2) is 24.3 Å². The van der Waals surface area contributed by atoms with Gasteiger partial charge in [-0.25, -0.2) is 0 Å². The summed E-state index contributed by atoms with van der Waals surface area (Å²) in [6, 6.07) is 0. The molecule has 0 aromatic carbocycles. The third kappa shape index (κ3) is 11.9. The van der Waals surface area contributed by atoms with Crippen molar-refractivity contribution in [1.82, 2.24) is 5.32 Å². The van der Waals surface area contributed by atoms with Crippen LogP contribution in [0.1, 0.15) is 66.2 Å². The summed E-state index contributed by atoms with van der Waals surface area (Å²) in [5, 5.41) is 3.06. The Morgan fingerprint density at radius 3 is 2.20 bits per heavy atom. The number of nitrogens with one attached hydrogen (secondary N) is 1. The first-order valence-electron chi connectivity index (χ1n) is 8.08. The first kappa shape index (κ1) is 20.1. The van der Waals surface area contributed by atoms with Crippen molar-refractivity contribution < 1.29 is 14.0 Å². The van der Waals surface area contributed by atoms with Crippen LogP contribution in [0.15, 0.2) is 0 Å². The molecule has 0 aliphatic carbocycles. The molecule has 0 radical (unpaired) electrons. The molecule has 20 heavy (non-hydrogen) atoms. The standard InChI is InChI=1S/C15H34NO3P/c1-5-7-9-14(3)11-16-13-20(17,18)19-12-15(4)10-8-6-2/h14-16H,5-13H2,1-4H3,(H,17,18). The van der Waals surface area contributed by atoms with Crippen LogP contribution in [0.4, 0.5) is 0 Å². The number of rotatable bonds is 13. The quantitative estimate of drug-likeness (QED) is 0.495. The van der Waals surface area contributed by atoms with E-state index >= 15 is 0 Å². The molecule has 0 amide bonds. The van der Waals surface area contributed by atoms with Gasteiger partial charge in [-0.3, -0.25) is 4.57 Å². The second kappa shape index (κ2) is 11.7. The topological polar surface area (TPSA) is 58.6 Å². The minimum atomic E-state index is -3.47. The van der Waals surface area contributed by atoms with Gasteiger partial charge in [0.15, 0.2) is 0 Å². The van der Waals surface area contributed by atoms with Gasteiger partial charge in [-0.2, -0.15) is 0 Å². The molecule has 0 fully saturated rings. The van der Waals surface area contributed by atoms with Gasteiger partial charge in [0.2, 0.25) is 0 Å². The highest BCUT2D eigenvalue weighted by molar-refractivity contribution is 7.52. The molecule has 0 saturated carbocycles. The highest BCUT2D eigenvalue weighted by Gasteiger charge is 2.20. The summed E-state index contributed by atoms with van der Waals surface area (Å²) >= 11 is 0. The van der Waals surface area contributed by atoms with Gasteiger partial charge >= 0.3 is 7.60 Å². The fourth-order valence-electron chi connectivity index (χ4n) is 2.03. The predicted molar refractivity (Wildman–Crippen MR) is 86.0 cm³/mol. The van der Waals surface area contributed by atoms with Gasteiger partial charge < -0.3 is 14.7 Å². The van der Waals surface area contributed by atoms with Crippen molar-refractivity contribution in [3.8, 4) is 0 Å². The molecule has 0 aromatic rings. The van der Waals surface area contributed by atoms with Crippen LogP contribution in [0.2, 0.25) is 0 Å². The molecule has 3 atom stereocenters. The molecule has 0 aliphatic rings. The number of hydrogen-bond donors (Lipinski definition) is 2. The molecule has 0 saturated heterocycles. The van der Waals surface area contributed by atoms with E-state index in [4.69, 9.17) is 4.52 Å². The molecule has 0 spiro atoms. The third-order valence-electron chi connectivity index (χ3n) is 3.47. The maximum Gasteiger partial charge on any atom is 0.341 e. The zero-order valence-corrected chi connectivity index (χ0v) is 14.6. The van der Waals surface area contributed by atoms with Crippen LogP contribution >= 0.6 is 7.60 Å². The van der Waals surface area contributed by atoms with E-state index in [9.17, 15) is 9.46 Å². The number of hydrogen-bond acceptors (Lipinski definition) is 3. The van der Waals surface area contributed by atoms with Crippen LogP contribution in [0.5, 0.6) is 0 Å². The first-order chi connectivity index (χ1) is 9.41. The zero-order chi connectivity index (χ0) is 15.4. The Kier molecular flexibility index (Phi) is 11.8. The fraction of sp³-hybridized carbons (Fsp3) is 1.00. The second-order valence-electron chi connectivity index (χ2n) is 6.04. The summed E-state index contributed by atoms with van der Waals surface area (Å²) in [4.78, 5) is 9.75. The zero-order valence-electron chi connectivity index (χ0n) is 13.7. The summed E-state index contributed by atoms with van der Waals surface area (Å²) < 4.78 is 17.1. The monoisotopic (exact) mass is 307 g/mol. The van der Waals surface area contributed by atoms with E-state index in [-0.39, 0.29) is 6.29 Å². The van der Waals surface area contributed by atoms with Gasteiger partial charge in [-0.1, -0.05) is 53.4 Å². The van der Waals surface area contributed by atoms with Crippen LogP contribution in [0.25, 0.3) is 0 Å². The SMILES string of the molecule is CCCCC(C)CNCP(=O)(O)OCC(C)CCCC. The van der Waals surface area contributed by atoms with Crippen molar-refractivity contribution >= 4 is 7.60 Å². The highest BCUT2D eigenvalue weighted by atomic mass is 31.2. The minimum absolute atomic E-state index is 0.0595. The molecular formula is C15H34NO3P. The Morgan fingerprint density at radius 2 is 1.65 bits per heavy atom. The van der Waals surface area contributed by atoms with Gasteiger partial charge in [0.1, 0.15) is 0 Å². The van der Waals surface area contributed by atoms with Crippen LogP contribution < -0.4 is 5.32 Å². The summed E-state index contributed by atoms with van der Waals surface area (Å²) in [6.45, 7) is 9.71. The molecule has 0 aromatic heterocycles. The average molecular weight is 307 g/mol. The molecule has 5 heteroatoms. The molecule has 0 aliphatic heterocycles.